The summed E-state index contributed by atoms with van der Waals surface area (Å²) in [5.74, 6) is 1.58. The minimum absolute atomic E-state index is 0.107. The Balaban J connectivity index is 1.42. The second-order valence-corrected chi connectivity index (χ2v) is 6.59. The second-order valence-electron chi connectivity index (χ2n) is 6.59. The fraction of sp³-hybridized carbons (Fsp3) is 0.238. The van der Waals surface area contributed by atoms with Crippen LogP contribution in [0.3, 0.4) is 0 Å². The predicted molar refractivity (Wildman–Crippen MR) is 104 cm³/mol. The number of carbonyl (C=O) groups is 1. The number of nitrogens with one attached hydrogen (secondary N) is 2. The largest absolute Gasteiger partial charge is 0.486 e. The molecule has 1 amide bonds. The van der Waals surface area contributed by atoms with E-state index in [0.717, 1.165) is 10.9 Å². The van der Waals surface area contributed by atoms with Crippen molar-refractivity contribution in [1.82, 2.24) is 10.3 Å². The first-order valence-electron chi connectivity index (χ1n) is 9.00. The molecule has 7 heteroatoms. The number of pyridine rings is 1. The highest BCUT2D eigenvalue weighted by molar-refractivity contribution is 5.83. The van der Waals surface area contributed by atoms with Gasteiger partial charge in [0.25, 0.3) is 11.5 Å². The molecule has 0 saturated heterocycles. The van der Waals surface area contributed by atoms with Crippen molar-refractivity contribution in [2.75, 3.05) is 19.8 Å². The molecule has 0 atom stereocenters. The SMILES string of the molecule is Cc1ccc(OCC(=O)NCc2cc3cc4c(cc3[nH]c2=O)OCCO4)cc1. The van der Waals surface area contributed by atoms with E-state index in [1.165, 1.54) is 0 Å². The Kier molecular flexibility index (Phi) is 4.89. The van der Waals surface area contributed by atoms with Crippen LogP contribution in [-0.2, 0) is 11.3 Å². The number of aromatic amines is 1. The van der Waals surface area contributed by atoms with Crippen LogP contribution < -0.4 is 25.1 Å². The number of carbonyl (C=O) groups excluding carboxylic acids is 1. The maximum absolute atomic E-state index is 12.3. The van der Waals surface area contributed by atoms with Crippen LogP contribution >= 0.6 is 0 Å². The number of H-pyrrole nitrogens is 1. The Labute approximate surface area is 161 Å². The highest BCUT2D eigenvalue weighted by atomic mass is 16.6. The smallest absolute Gasteiger partial charge is 0.258 e. The Hall–Kier alpha value is -3.48. The number of rotatable bonds is 5. The van der Waals surface area contributed by atoms with Gasteiger partial charge in [0, 0.05) is 23.6 Å². The Morgan fingerprint density at radius 1 is 1.11 bits per heavy atom. The van der Waals surface area contributed by atoms with E-state index in [1.54, 1.807) is 12.1 Å². The molecule has 7 nitrogen and oxygen atoms in total. The first kappa shape index (κ1) is 17.9. The molecule has 28 heavy (non-hydrogen) atoms. The molecule has 0 saturated carbocycles. The molecule has 0 spiro atoms. The van der Waals surface area contributed by atoms with Gasteiger partial charge in [0.15, 0.2) is 18.1 Å². The van der Waals surface area contributed by atoms with Crippen molar-refractivity contribution in [1.29, 1.82) is 0 Å². The zero-order chi connectivity index (χ0) is 19.5. The minimum Gasteiger partial charge on any atom is -0.486 e. The Morgan fingerprint density at radius 2 is 1.82 bits per heavy atom. The van der Waals surface area contributed by atoms with E-state index >= 15 is 0 Å². The van der Waals surface area contributed by atoms with Gasteiger partial charge in [-0.2, -0.15) is 0 Å². The molecule has 1 aliphatic rings. The molecule has 0 unspecified atom stereocenters. The first-order valence-corrected chi connectivity index (χ1v) is 9.00. The van der Waals surface area contributed by atoms with Crippen LogP contribution in [0.5, 0.6) is 17.2 Å². The number of amides is 1. The van der Waals surface area contributed by atoms with Crippen molar-refractivity contribution in [2.45, 2.75) is 13.5 Å². The van der Waals surface area contributed by atoms with Crippen LogP contribution in [0.1, 0.15) is 11.1 Å². The zero-order valence-corrected chi connectivity index (χ0v) is 15.4. The third-order valence-electron chi connectivity index (χ3n) is 4.45. The van der Waals surface area contributed by atoms with Crippen molar-refractivity contribution in [3.8, 4) is 17.2 Å². The van der Waals surface area contributed by atoms with Gasteiger partial charge in [-0.15, -0.1) is 0 Å². The van der Waals surface area contributed by atoms with Gasteiger partial charge in [0.1, 0.15) is 19.0 Å². The molecule has 2 N–H and O–H groups in total. The van der Waals surface area contributed by atoms with Gasteiger partial charge in [0.2, 0.25) is 0 Å². The summed E-state index contributed by atoms with van der Waals surface area (Å²) in [7, 11) is 0. The molecule has 0 aliphatic carbocycles. The summed E-state index contributed by atoms with van der Waals surface area (Å²) >= 11 is 0. The van der Waals surface area contributed by atoms with Crippen LogP contribution in [-0.4, -0.2) is 30.7 Å². The van der Waals surface area contributed by atoms with E-state index in [9.17, 15) is 9.59 Å². The summed E-state index contributed by atoms with van der Waals surface area (Å²) in [6, 6.07) is 12.8. The summed E-state index contributed by atoms with van der Waals surface area (Å²) in [6.45, 7) is 2.94. The third kappa shape index (κ3) is 3.93. The lowest BCUT2D eigenvalue weighted by Gasteiger charge is -2.18. The number of hydrogen-bond acceptors (Lipinski definition) is 5. The fourth-order valence-corrected chi connectivity index (χ4v) is 2.95. The van der Waals surface area contributed by atoms with Crippen LogP contribution in [0.25, 0.3) is 10.9 Å². The first-order chi connectivity index (χ1) is 13.6. The van der Waals surface area contributed by atoms with Crippen LogP contribution in [0.2, 0.25) is 0 Å². The van der Waals surface area contributed by atoms with Crippen molar-refractivity contribution in [2.24, 2.45) is 0 Å². The number of hydrogen-bond donors (Lipinski definition) is 2. The van der Waals surface area contributed by atoms with Gasteiger partial charge < -0.3 is 24.5 Å². The van der Waals surface area contributed by atoms with Gasteiger partial charge >= 0.3 is 0 Å². The maximum Gasteiger partial charge on any atom is 0.258 e. The topological polar surface area (TPSA) is 89.7 Å². The average molecular weight is 380 g/mol. The molecule has 3 aromatic rings. The Bertz CT molecular complexity index is 1070. The molecule has 0 fully saturated rings. The van der Waals surface area contributed by atoms with Gasteiger partial charge in [0.05, 0.1) is 5.52 Å². The van der Waals surface area contributed by atoms with Crippen molar-refractivity contribution in [3.63, 3.8) is 0 Å². The molecule has 4 rings (SSSR count). The molecule has 2 aromatic carbocycles. The predicted octanol–water partition coefficient (Wildman–Crippen LogP) is 2.30. The Morgan fingerprint density at radius 3 is 2.57 bits per heavy atom. The van der Waals surface area contributed by atoms with Crippen LogP contribution in [0.15, 0.2) is 47.3 Å². The lowest BCUT2D eigenvalue weighted by Crippen LogP contribution is -2.30. The second kappa shape index (κ2) is 7.64. The summed E-state index contributed by atoms with van der Waals surface area (Å²) in [4.78, 5) is 27.2. The summed E-state index contributed by atoms with van der Waals surface area (Å²) in [6.07, 6.45) is 0. The van der Waals surface area contributed by atoms with Crippen molar-refractivity contribution >= 4 is 16.8 Å². The molecule has 1 aliphatic heterocycles. The standard InChI is InChI=1S/C21H20N2O5/c1-13-2-4-16(5-3-13)28-12-20(24)22-11-15-8-14-9-18-19(27-7-6-26-18)10-17(14)23-21(15)25/h2-5,8-10H,6-7,11-12H2,1H3,(H,22,24)(H,23,25). The lowest BCUT2D eigenvalue weighted by atomic mass is 10.1. The van der Waals surface area contributed by atoms with E-state index in [0.29, 0.717) is 41.5 Å². The monoisotopic (exact) mass is 380 g/mol. The van der Waals surface area contributed by atoms with E-state index in [-0.39, 0.29) is 24.6 Å². The van der Waals surface area contributed by atoms with Gasteiger partial charge in [-0.3, -0.25) is 9.59 Å². The molecular formula is C21H20N2O5. The van der Waals surface area contributed by atoms with E-state index in [2.05, 4.69) is 10.3 Å². The quantitative estimate of drug-likeness (QED) is 0.709. The number of benzene rings is 2. The highest BCUT2D eigenvalue weighted by Crippen LogP contribution is 2.33. The summed E-state index contributed by atoms with van der Waals surface area (Å²) < 4.78 is 16.6. The molecule has 0 bridgehead atoms. The number of aromatic nitrogens is 1. The molecular weight excluding hydrogens is 360 g/mol. The van der Waals surface area contributed by atoms with Crippen LogP contribution in [0, 0.1) is 6.92 Å². The maximum atomic E-state index is 12.3. The van der Waals surface area contributed by atoms with Crippen molar-refractivity contribution in [3.05, 3.63) is 63.9 Å². The fourth-order valence-electron chi connectivity index (χ4n) is 2.95. The molecule has 1 aromatic heterocycles. The minimum atomic E-state index is -0.303. The van der Waals surface area contributed by atoms with Gasteiger partial charge in [-0.05, 0) is 31.2 Å². The van der Waals surface area contributed by atoms with Crippen molar-refractivity contribution < 1.29 is 19.0 Å². The zero-order valence-electron chi connectivity index (χ0n) is 15.4. The van der Waals surface area contributed by atoms with E-state index < -0.39 is 0 Å². The average Bonchev–Trinajstić information content (AvgIpc) is 2.70. The normalized spacial score (nSPS) is 12.6. The third-order valence-corrected chi connectivity index (χ3v) is 4.45. The van der Waals surface area contributed by atoms with E-state index in [4.69, 9.17) is 14.2 Å². The number of aryl methyl sites for hydroxylation is 1. The molecule has 2 heterocycles. The van der Waals surface area contributed by atoms with Gasteiger partial charge in [-0.1, -0.05) is 17.7 Å². The highest BCUT2D eigenvalue weighted by Gasteiger charge is 2.14. The lowest BCUT2D eigenvalue weighted by molar-refractivity contribution is -0.123. The summed E-state index contributed by atoms with van der Waals surface area (Å²) in [5.41, 5.74) is 1.97. The number of fused-ring (bicyclic) bond motifs is 2. The van der Waals surface area contributed by atoms with Gasteiger partial charge in [-0.25, -0.2) is 0 Å². The molecule has 144 valence electrons. The molecule has 0 radical (unpaired) electrons. The summed E-state index contributed by atoms with van der Waals surface area (Å²) in [5, 5.41) is 3.52. The van der Waals surface area contributed by atoms with Crippen LogP contribution in [0.4, 0.5) is 0 Å². The van der Waals surface area contributed by atoms with E-state index in [1.807, 2.05) is 37.3 Å². The number of ether oxygens (including phenoxy) is 3.